The number of rotatable bonds is 3. The van der Waals surface area contributed by atoms with Crippen LogP contribution in [0.4, 0.5) is 0 Å². The van der Waals surface area contributed by atoms with Gasteiger partial charge in [-0.3, -0.25) is 0 Å². The van der Waals surface area contributed by atoms with E-state index in [1.54, 1.807) is 0 Å². The van der Waals surface area contributed by atoms with Gasteiger partial charge in [-0.05, 0) is 156 Å². The zero-order valence-electron chi connectivity index (χ0n) is 30.6. The Morgan fingerprint density at radius 3 is 1.00 bits per heavy atom. The van der Waals surface area contributed by atoms with Crippen molar-refractivity contribution in [3.63, 3.8) is 0 Å². The molecule has 0 saturated heterocycles. The SMILES string of the molecule is c1ccc2c(c1)ccc1cc(-c3ccc4c(-c5ccc6c(ccc7ccccc76)c5)c5cc(-c6ccc7c(ccc8ccccc87)c6)ccc5cc4c3)ccc12. The minimum absolute atomic E-state index is 1.22. The molecule has 0 N–H and O–H groups in total. The van der Waals surface area contributed by atoms with Crippen molar-refractivity contribution in [2.24, 2.45) is 0 Å². The molecule has 0 saturated carbocycles. The van der Waals surface area contributed by atoms with Crippen LogP contribution >= 0.6 is 0 Å². The van der Waals surface area contributed by atoms with E-state index in [1.807, 2.05) is 0 Å². The zero-order valence-corrected chi connectivity index (χ0v) is 30.6. The molecule has 0 amide bonds. The molecular formula is C56H34. The van der Waals surface area contributed by atoms with Gasteiger partial charge in [0.05, 0.1) is 0 Å². The first-order chi connectivity index (χ1) is 27.7. The summed E-state index contributed by atoms with van der Waals surface area (Å²) in [6, 6.07) is 76.9. The molecule has 12 rings (SSSR count). The third-order valence-corrected chi connectivity index (χ3v) is 12.1. The molecule has 0 aromatic heterocycles. The molecule has 0 radical (unpaired) electrons. The fourth-order valence-corrected chi connectivity index (χ4v) is 9.35. The Hall–Kier alpha value is -7.28. The Bertz CT molecular complexity index is 3590. The first kappa shape index (κ1) is 31.1. The van der Waals surface area contributed by atoms with E-state index < -0.39 is 0 Å². The summed E-state index contributed by atoms with van der Waals surface area (Å²) >= 11 is 0. The van der Waals surface area contributed by atoms with E-state index in [0.717, 1.165) is 0 Å². The highest BCUT2D eigenvalue weighted by Gasteiger charge is 2.15. The van der Waals surface area contributed by atoms with E-state index in [0.29, 0.717) is 0 Å². The number of hydrogen-bond acceptors (Lipinski definition) is 0. The second kappa shape index (κ2) is 12.1. The van der Waals surface area contributed by atoms with Gasteiger partial charge in [0.15, 0.2) is 0 Å². The molecule has 0 heteroatoms. The molecule has 0 bridgehead atoms. The van der Waals surface area contributed by atoms with Crippen LogP contribution in [0.3, 0.4) is 0 Å². The molecule has 0 heterocycles. The van der Waals surface area contributed by atoms with E-state index >= 15 is 0 Å². The Kier molecular flexibility index (Phi) is 6.73. The minimum atomic E-state index is 1.22. The molecule has 0 nitrogen and oxygen atoms in total. The average Bonchev–Trinajstić information content (AvgIpc) is 3.27. The van der Waals surface area contributed by atoms with Gasteiger partial charge in [0, 0.05) is 0 Å². The fourth-order valence-electron chi connectivity index (χ4n) is 9.35. The number of fused-ring (bicyclic) bond motifs is 11. The van der Waals surface area contributed by atoms with E-state index in [-0.39, 0.29) is 0 Å². The standard InChI is InChI=1S/C56H34/c1-4-10-48-35(7-1)13-17-42-29-38(21-25-51(42)48)40-23-28-54-47(31-40)33-45-20-16-41(39-22-26-52-43(30-39)18-14-36-8-2-5-11-49(36)52)34-55(45)56(54)46-24-27-53-44(32-46)19-15-37-9-3-6-12-50(37)53/h1-34H. The van der Waals surface area contributed by atoms with Crippen LogP contribution in [-0.4, -0.2) is 0 Å². The molecule has 0 aliphatic carbocycles. The topological polar surface area (TPSA) is 0 Å². The van der Waals surface area contributed by atoms with Crippen molar-refractivity contribution in [1.82, 2.24) is 0 Å². The summed E-state index contributed by atoms with van der Waals surface area (Å²) in [5.74, 6) is 0. The van der Waals surface area contributed by atoms with Crippen molar-refractivity contribution in [3.05, 3.63) is 206 Å². The summed E-state index contributed by atoms with van der Waals surface area (Å²) in [4.78, 5) is 0. The second-order valence-corrected chi connectivity index (χ2v) is 15.3. The molecule has 0 aliphatic heterocycles. The van der Waals surface area contributed by atoms with Gasteiger partial charge in [0.1, 0.15) is 0 Å². The lowest BCUT2D eigenvalue weighted by Crippen LogP contribution is -1.89. The molecule has 0 aliphatic rings. The number of benzene rings is 12. The lowest BCUT2D eigenvalue weighted by molar-refractivity contribution is 1.66. The fraction of sp³-hybridized carbons (Fsp3) is 0. The molecule has 258 valence electrons. The maximum Gasteiger partial charge on any atom is -0.00264 e. The van der Waals surface area contributed by atoms with Crippen LogP contribution in [0.2, 0.25) is 0 Å². The monoisotopic (exact) mass is 706 g/mol. The Labute approximate surface area is 324 Å². The summed E-state index contributed by atoms with van der Waals surface area (Å²) in [5, 5.41) is 20.4. The van der Waals surface area contributed by atoms with Crippen molar-refractivity contribution in [2.75, 3.05) is 0 Å². The van der Waals surface area contributed by atoms with Crippen molar-refractivity contribution in [1.29, 1.82) is 0 Å². The third-order valence-electron chi connectivity index (χ3n) is 12.1. The summed E-state index contributed by atoms with van der Waals surface area (Å²) in [5.41, 5.74) is 7.41. The van der Waals surface area contributed by atoms with Crippen LogP contribution < -0.4 is 0 Å². The van der Waals surface area contributed by atoms with Crippen LogP contribution in [-0.2, 0) is 0 Å². The highest BCUT2D eigenvalue weighted by molar-refractivity contribution is 6.17. The Balaban J connectivity index is 1.06. The normalized spacial score (nSPS) is 11.9. The first-order valence-corrected chi connectivity index (χ1v) is 19.5. The second-order valence-electron chi connectivity index (χ2n) is 15.3. The van der Waals surface area contributed by atoms with Crippen LogP contribution in [0.15, 0.2) is 206 Å². The van der Waals surface area contributed by atoms with Gasteiger partial charge in [-0.15, -0.1) is 0 Å². The van der Waals surface area contributed by atoms with E-state index in [1.165, 1.54) is 120 Å². The molecule has 0 atom stereocenters. The zero-order chi connectivity index (χ0) is 36.7. The van der Waals surface area contributed by atoms with E-state index in [4.69, 9.17) is 0 Å². The maximum absolute atomic E-state index is 2.42. The average molecular weight is 707 g/mol. The van der Waals surface area contributed by atoms with Gasteiger partial charge in [-0.2, -0.15) is 0 Å². The smallest absolute Gasteiger partial charge is 0.00264 e. The highest BCUT2D eigenvalue weighted by Crippen LogP contribution is 2.42. The molecule has 0 unspecified atom stereocenters. The predicted molar refractivity (Wildman–Crippen MR) is 243 cm³/mol. The van der Waals surface area contributed by atoms with Crippen molar-refractivity contribution in [2.45, 2.75) is 0 Å². The summed E-state index contributed by atoms with van der Waals surface area (Å²) in [6.07, 6.45) is 0. The van der Waals surface area contributed by atoms with Crippen molar-refractivity contribution >= 4 is 86.2 Å². The molecule has 12 aromatic rings. The summed E-state index contributed by atoms with van der Waals surface area (Å²) < 4.78 is 0. The lowest BCUT2D eigenvalue weighted by atomic mass is 9.87. The third kappa shape index (κ3) is 4.86. The van der Waals surface area contributed by atoms with Crippen LogP contribution in [0.25, 0.3) is 120 Å². The highest BCUT2D eigenvalue weighted by atomic mass is 14.2. The number of hydrogen-bond donors (Lipinski definition) is 0. The first-order valence-electron chi connectivity index (χ1n) is 19.5. The molecule has 0 fully saturated rings. The van der Waals surface area contributed by atoms with Gasteiger partial charge in [-0.25, -0.2) is 0 Å². The van der Waals surface area contributed by atoms with Gasteiger partial charge in [0.25, 0.3) is 0 Å². The van der Waals surface area contributed by atoms with Crippen molar-refractivity contribution < 1.29 is 0 Å². The largest absolute Gasteiger partial charge is 0.0616 e. The van der Waals surface area contributed by atoms with Crippen LogP contribution in [0.1, 0.15) is 0 Å². The Morgan fingerprint density at radius 2 is 0.482 bits per heavy atom. The molecule has 12 aromatic carbocycles. The van der Waals surface area contributed by atoms with Gasteiger partial charge >= 0.3 is 0 Å². The summed E-state index contributed by atoms with van der Waals surface area (Å²) in [6.45, 7) is 0. The predicted octanol–water partition coefficient (Wildman–Crippen LogP) is 15.9. The van der Waals surface area contributed by atoms with Gasteiger partial charge in [0.2, 0.25) is 0 Å². The van der Waals surface area contributed by atoms with Gasteiger partial charge < -0.3 is 0 Å². The van der Waals surface area contributed by atoms with Crippen LogP contribution in [0.5, 0.6) is 0 Å². The van der Waals surface area contributed by atoms with Crippen molar-refractivity contribution in [3.8, 4) is 33.4 Å². The van der Waals surface area contributed by atoms with E-state index in [9.17, 15) is 0 Å². The minimum Gasteiger partial charge on any atom is -0.0616 e. The molecule has 0 spiro atoms. The quantitative estimate of drug-likeness (QED) is 0.127. The van der Waals surface area contributed by atoms with E-state index in [2.05, 4.69) is 206 Å². The van der Waals surface area contributed by atoms with Gasteiger partial charge in [-0.1, -0.05) is 170 Å². The summed E-state index contributed by atoms with van der Waals surface area (Å²) in [7, 11) is 0. The Morgan fingerprint density at radius 1 is 0.161 bits per heavy atom. The maximum atomic E-state index is 2.42. The molecule has 56 heavy (non-hydrogen) atoms. The molecular weight excluding hydrogens is 673 g/mol. The van der Waals surface area contributed by atoms with Crippen LogP contribution in [0, 0.1) is 0 Å². The lowest BCUT2D eigenvalue weighted by Gasteiger charge is -2.16.